The molecule has 1 atom stereocenters. The lowest BCUT2D eigenvalue weighted by molar-refractivity contribution is -0.122. The van der Waals surface area contributed by atoms with Crippen molar-refractivity contribution in [2.75, 3.05) is 4.90 Å². The van der Waals surface area contributed by atoms with Crippen LogP contribution in [0.5, 0.6) is 0 Å². The molecule has 0 spiro atoms. The molecule has 22 heavy (non-hydrogen) atoms. The second-order valence-corrected chi connectivity index (χ2v) is 6.68. The minimum absolute atomic E-state index is 0.130. The van der Waals surface area contributed by atoms with Crippen LogP contribution < -0.4 is 16.2 Å². The molecule has 120 valence electrons. The number of nitrogens with zero attached hydrogens (tertiary/aromatic N) is 1. The lowest BCUT2D eigenvalue weighted by atomic mass is 9.86. The lowest BCUT2D eigenvalue weighted by Gasteiger charge is -2.47. The van der Waals surface area contributed by atoms with Crippen molar-refractivity contribution < 1.29 is 4.79 Å². The molecule has 1 unspecified atom stereocenters. The Kier molecular flexibility index (Phi) is 4.61. The van der Waals surface area contributed by atoms with E-state index < -0.39 is 0 Å². The van der Waals surface area contributed by atoms with Crippen molar-refractivity contribution in [1.29, 1.82) is 0 Å². The molecule has 0 saturated carbocycles. The summed E-state index contributed by atoms with van der Waals surface area (Å²) in [6.07, 6.45) is 3.93. The van der Waals surface area contributed by atoms with E-state index in [1.807, 2.05) is 0 Å². The van der Waals surface area contributed by atoms with E-state index >= 15 is 0 Å². The van der Waals surface area contributed by atoms with Gasteiger partial charge >= 0.3 is 0 Å². The zero-order valence-corrected chi connectivity index (χ0v) is 14.2. The molecule has 0 aromatic heterocycles. The van der Waals surface area contributed by atoms with E-state index in [9.17, 15) is 4.79 Å². The maximum absolute atomic E-state index is 12.3. The summed E-state index contributed by atoms with van der Waals surface area (Å²) in [5.74, 6) is 5.30. The van der Waals surface area contributed by atoms with Crippen LogP contribution >= 0.6 is 0 Å². The quantitative estimate of drug-likeness (QED) is 0.510. The SMILES string of the molecule is CCCC(C(=O)NN)N1c2ccc(C)cc2C(C)=CC1(C)C. The predicted octanol–water partition coefficient (Wildman–Crippen LogP) is 3.16. The van der Waals surface area contributed by atoms with Gasteiger partial charge in [0, 0.05) is 11.3 Å². The number of aryl methyl sites for hydroxylation is 1. The van der Waals surface area contributed by atoms with Crippen molar-refractivity contribution in [2.45, 2.75) is 59.0 Å². The summed E-state index contributed by atoms with van der Waals surface area (Å²) >= 11 is 0. The van der Waals surface area contributed by atoms with Gasteiger partial charge in [-0.2, -0.15) is 0 Å². The molecule has 0 fully saturated rings. The van der Waals surface area contributed by atoms with Crippen LogP contribution in [0.2, 0.25) is 0 Å². The van der Waals surface area contributed by atoms with E-state index in [1.54, 1.807) is 0 Å². The number of carbonyl (C=O) groups excluding carboxylic acids is 1. The molecule has 4 heteroatoms. The van der Waals surface area contributed by atoms with Crippen LogP contribution in [0.4, 0.5) is 5.69 Å². The first kappa shape index (κ1) is 16.6. The molecule has 0 aliphatic carbocycles. The highest BCUT2D eigenvalue weighted by Crippen LogP contribution is 2.41. The Labute approximate surface area is 133 Å². The van der Waals surface area contributed by atoms with Crippen LogP contribution in [0, 0.1) is 6.92 Å². The number of rotatable bonds is 4. The minimum Gasteiger partial charge on any atom is -0.350 e. The van der Waals surface area contributed by atoms with Gasteiger partial charge in [-0.25, -0.2) is 5.84 Å². The summed E-state index contributed by atoms with van der Waals surface area (Å²) < 4.78 is 0. The molecular weight excluding hydrogens is 274 g/mol. The molecule has 0 bridgehead atoms. The van der Waals surface area contributed by atoms with Crippen LogP contribution in [-0.4, -0.2) is 17.5 Å². The third kappa shape index (κ3) is 2.88. The maximum Gasteiger partial charge on any atom is 0.256 e. The summed E-state index contributed by atoms with van der Waals surface area (Å²) in [4.78, 5) is 14.6. The highest BCUT2D eigenvalue weighted by molar-refractivity contribution is 5.89. The van der Waals surface area contributed by atoms with E-state index in [-0.39, 0.29) is 17.5 Å². The Balaban J connectivity index is 2.60. The molecule has 3 N–H and O–H groups in total. The smallest absolute Gasteiger partial charge is 0.256 e. The number of hydrazine groups is 1. The van der Waals surface area contributed by atoms with Gasteiger partial charge in [0.25, 0.3) is 5.91 Å². The summed E-state index contributed by atoms with van der Waals surface area (Å²) in [5, 5.41) is 0. The third-order valence-electron chi connectivity index (χ3n) is 4.35. The number of fused-ring (bicyclic) bond motifs is 1. The van der Waals surface area contributed by atoms with E-state index in [4.69, 9.17) is 5.84 Å². The van der Waals surface area contributed by atoms with Gasteiger partial charge in [0.05, 0.1) is 5.54 Å². The largest absolute Gasteiger partial charge is 0.350 e. The zero-order chi connectivity index (χ0) is 16.5. The number of hydrogen-bond donors (Lipinski definition) is 2. The molecule has 0 radical (unpaired) electrons. The van der Waals surface area contributed by atoms with Crippen LogP contribution in [0.15, 0.2) is 24.3 Å². The molecule has 1 aliphatic rings. The Morgan fingerprint density at radius 1 is 1.36 bits per heavy atom. The molecule has 1 heterocycles. The van der Waals surface area contributed by atoms with E-state index in [0.717, 1.165) is 18.5 Å². The monoisotopic (exact) mass is 301 g/mol. The third-order valence-corrected chi connectivity index (χ3v) is 4.35. The van der Waals surface area contributed by atoms with Crippen molar-refractivity contribution in [1.82, 2.24) is 5.43 Å². The molecule has 2 rings (SSSR count). The van der Waals surface area contributed by atoms with Crippen LogP contribution in [0.25, 0.3) is 5.57 Å². The second-order valence-electron chi connectivity index (χ2n) is 6.68. The molecule has 4 nitrogen and oxygen atoms in total. The van der Waals surface area contributed by atoms with E-state index in [1.165, 1.54) is 16.7 Å². The standard InChI is InChI=1S/C18H27N3O/c1-6-7-16(17(22)20-19)21-15-9-8-12(2)10-14(15)13(3)11-18(21,4)5/h8-11,16H,6-7,19H2,1-5H3,(H,20,22). The van der Waals surface area contributed by atoms with Crippen molar-refractivity contribution in [3.05, 3.63) is 35.4 Å². The number of benzene rings is 1. The maximum atomic E-state index is 12.3. The van der Waals surface area contributed by atoms with Gasteiger partial charge in [-0.3, -0.25) is 10.2 Å². The summed E-state index contributed by atoms with van der Waals surface area (Å²) in [6, 6.07) is 6.14. The predicted molar refractivity (Wildman–Crippen MR) is 92.4 cm³/mol. The first-order valence-electron chi connectivity index (χ1n) is 7.92. The van der Waals surface area contributed by atoms with Gasteiger partial charge in [-0.15, -0.1) is 0 Å². The molecule has 1 amide bonds. The first-order valence-corrected chi connectivity index (χ1v) is 7.92. The minimum atomic E-state index is -0.268. The average Bonchev–Trinajstić information content (AvgIpc) is 2.45. The number of nitrogens with two attached hydrogens (primary N) is 1. The van der Waals surface area contributed by atoms with E-state index in [0.29, 0.717) is 0 Å². The van der Waals surface area contributed by atoms with Crippen LogP contribution in [0.1, 0.15) is 51.7 Å². The van der Waals surface area contributed by atoms with Gasteiger partial charge in [0.2, 0.25) is 0 Å². The summed E-state index contributed by atoms with van der Waals surface area (Å²) in [7, 11) is 0. The van der Waals surface area contributed by atoms with E-state index in [2.05, 4.69) is 69.2 Å². The second kappa shape index (κ2) is 6.13. The Hall–Kier alpha value is -1.81. The normalized spacial score (nSPS) is 17.5. The number of amides is 1. The molecular formula is C18H27N3O. The fourth-order valence-corrected chi connectivity index (χ4v) is 3.48. The highest BCUT2D eigenvalue weighted by Gasteiger charge is 2.38. The lowest BCUT2D eigenvalue weighted by Crippen LogP contribution is -2.57. The number of allylic oxidation sites excluding steroid dienone is 1. The fraction of sp³-hybridized carbons (Fsp3) is 0.500. The Morgan fingerprint density at radius 2 is 2.05 bits per heavy atom. The summed E-state index contributed by atoms with van der Waals surface area (Å²) in [6.45, 7) is 10.6. The van der Waals surface area contributed by atoms with Crippen molar-refractivity contribution >= 4 is 17.2 Å². The van der Waals surface area contributed by atoms with Gasteiger partial charge in [-0.1, -0.05) is 31.1 Å². The van der Waals surface area contributed by atoms with Gasteiger partial charge in [0.1, 0.15) is 6.04 Å². The Bertz CT molecular complexity index is 604. The topological polar surface area (TPSA) is 58.4 Å². The van der Waals surface area contributed by atoms with Gasteiger partial charge in [0.15, 0.2) is 0 Å². The van der Waals surface area contributed by atoms with Crippen molar-refractivity contribution in [2.24, 2.45) is 5.84 Å². The highest BCUT2D eigenvalue weighted by atomic mass is 16.2. The first-order chi connectivity index (χ1) is 10.3. The fourth-order valence-electron chi connectivity index (χ4n) is 3.48. The van der Waals surface area contributed by atoms with Crippen molar-refractivity contribution in [3.63, 3.8) is 0 Å². The number of anilines is 1. The number of carbonyl (C=O) groups is 1. The van der Waals surface area contributed by atoms with Gasteiger partial charge in [-0.05, 0) is 51.8 Å². The molecule has 1 aromatic rings. The number of hydrogen-bond acceptors (Lipinski definition) is 3. The average molecular weight is 301 g/mol. The summed E-state index contributed by atoms with van der Waals surface area (Å²) in [5.41, 5.74) is 6.88. The molecule has 0 saturated heterocycles. The van der Waals surface area contributed by atoms with Crippen molar-refractivity contribution in [3.8, 4) is 0 Å². The number of nitrogens with one attached hydrogen (secondary N) is 1. The van der Waals surface area contributed by atoms with Gasteiger partial charge < -0.3 is 4.90 Å². The Morgan fingerprint density at radius 3 is 2.64 bits per heavy atom. The zero-order valence-electron chi connectivity index (χ0n) is 14.2. The molecule has 1 aliphatic heterocycles. The van der Waals surface area contributed by atoms with Crippen LogP contribution in [0.3, 0.4) is 0 Å². The van der Waals surface area contributed by atoms with Crippen LogP contribution in [-0.2, 0) is 4.79 Å². The molecule has 1 aromatic carbocycles.